The molecule has 0 bridgehead atoms. The average molecular weight is 209 g/mol. The Hall–Kier alpha value is -1.65. The smallest absolute Gasteiger partial charge is 0.330 e. The van der Waals surface area contributed by atoms with Gasteiger partial charge < -0.3 is 4.74 Å². The topological polar surface area (TPSA) is 57.0 Å². The molecule has 0 aromatic carbocycles. The maximum Gasteiger partial charge on any atom is 0.330 e. The van der Waals surface area contributed by atoms with Crippen molar-refractivity contribution in [1.29, 1.82) is 0 Å². The number of ether oxygens (including phenoxy) is 1. The van der Waals surface area contributed by atoms with Crippen LogP contribution in [0.25, 0.3) is 6.08 Å². The van der Waals surface area contributed by atoms with E-state index < -0.39 is 5.97 Å². The number of carbonyl (C=O) groups excluding carboxylic acids is 1. The molecule has 0 amide bonds. The van der Waals surface area contributed by atoms with Crippen molar-refractivity contribution >= 4 is 12.0 Å². The molecule has 5 heteroatoms. The SMILES string of the molecule is CCCCn1cc(/C=C/C(=O)OC)nn1. The molecule has 5 nitrogen and oxygen atoms in total. The van der Waals surface area contributed by atoms with E-state index in [4.69, 9.17) is 0 Å². The van der Waals surface area contributed by atoms with Gasteiger partial charge in [0.25, 0.3) is 0 Å². The van der Waals surface area contributed by atoms with Crippen LogP contribution in [0.15, 0.2) is 12.3 Å². The van der Waals surface area contributed by atoms with Gasteiger partial charge in [0.15, 0.2) is 0 Å². The first-order valence-electron chi connectivity index (χ1n) is 4.92. The van der Waals surface area contributed by atoms with Crippen LogP contribution in [0.3, 0.4) is 0 Å². The van der Waals surface area contributed by atoms with Crippen LogP contribution in [0, 0.1) is 0 Å². The molecular weight excluding hydrogens is 194 g/mol. The molecule has 15 heavy (non-hydrogen) atoms. The Morgan fingerprint density at radius 2 is 2.47 bits per heavy atom. The van der Waals surface area contributed by atoms with E-state index in [0.29, 0.717) is 5.69 Å². The van der Waals surface area contributed by atoms with Gasteiger partial charge in [-0.3, -0.25) is 4.68 Å². The number of aryl methyl sites for hydroxylation is 1. The Balaban J connectivity index is 2.52. The van der Waals surface area contributed by atoms with Crippen LogP contribution in [0.4, 0.5) is 0 Å². The highest BCUT2D eigenvalue weighted by atomic mass is 16.5. The third-order valence-electron chi connectivity index (χ3n) is 1.89. The summed E-state index contributed by atoms with van der Waals surface area (Å²) in [7, 11) is 1.34. The molecule has 0 atom stereocenters. The predicted octanol–water partition coefficient (Wildman–Crippen LogP) is 1.26. The third-order valence-corrected chi connectivity index (χ3v) is 1.89. The van der Waals surface area contributed by atoms with E-state index in [1.165, 1.54) is 13.2 Å². The van der Waals surface area contributed by atoms with Gasteiger partial charge in [-0.1, -0.05) is 18.6 Å². The molecule has 0 radical (unpaired) electrons. The van der Waals surface area contributed by atoms with Gasteiger partial charge in [-0.15, -0.1) is 5.10 Å². The molecule has 1 rings (SSSR count). The van der Waals surface area contributed by atoms with Crippen molar-refractivity contribution < 1.29 is 9.53 Å². The van der Waals surface area contributed by atoms with Gasteiger partial charge in [-0.25, -0.2) is 4.79 Å². The standard InChI is InChI=1S/C10H15N3O2/c1-3-4-7-13-8-9(11-12-13)5-6-10(14)15-2/h5-6,8H,3-4,7H2,1-2H3/b6-5+. The zero-order chi connectivity index (χ0) is 11.1. The zero-order valence-corrected chi connectivity index (χ0v) is 9.01. The van der Waals surface area contributed by atoms with Crippen LogP contribution < -0.4 is 0 Å². The Bertz CT molecular complexity index is 344. The summed E-state index contributed by atoms with van der Waals surface area (Å²) in [5.41, 5.74) is 0.663. The number of hydrogen-bond donors (Lipinski definition) is 0. The summed E-state index contributed by atoms with van der Waals surface area (Å²) in [5, 5.41) is 7.81. The number of unbranched alkanes of at least 4 members (excludes halogenated alkanes) is 1. The zero-order valence-electron chi connectivity index (χ0n) is 9.01. The monoisotopic (exact) mass is 209 g/mol. The molecule has 1 aromatic heterocycles. The fourth-order valence-corrected chi connectivity index (χ4v) is 1.04. The molecule has 1 aromatic rings. The molecule has 0 unspecified atom stereocenters. The number of carbonyl (C=O) groups is 1. The van der Waals surface area contributed by atoms with E-state index >= 15 is 0 Å². The largest absolute Gasteiger partial charge is 0.466 e. The van der Waals surface area contributed by atoms with Crippen LogP contribution in [-0.4, -0.2) is 28.1 Å². The van der Waals surface area contributed by atoms with Crippen LogP contribution >= 0.6 is 0 Å². The Labute approximate surface area is 88.7 Å². The number of methoxy groups -OCH3 is 1. The second-order valence-electron chi connectivity index (χ2n) is 3.12. The molecule has 0 aliphatic rings. The van der Waals surface area contributed by atoms with Crippen LogP contribution in [0.5, 0.6) is 0 Å². The highest BCUT2D eigenvalue weighted by Crippen LogP contribution is 1.99. The fourth-order valence-electron chi connectivity index (χ4n) is 1.04. The normalized spacial score (nSPS) is 10.8. The molecule has 0 saturated heterocycles. The summed E-state index contributed by atoms with van der Waals surface area (Å²) < 4.78 is 6.23. The minimum absolute atomic E-state index is 0.391. The summed E-state index contributed by atoms with van der Waals surface area (Å²) in [6.45, 7) is 2.98. The molecule has 0 fully saturated rings. The number of nitrogens with zero attached hydrogens (tertiary/aromatic N) is 3. The maximum atomic E-state index is 10.8. The third kappa shape index (κ3) is 3.93. The first-order valence-corrected chi connectivity index (χ1v) is 4.92. The van der Waals surface area contributed by atoms with E-state index in [9.17, 15) is 4.79 Å². The molecule has 0 aliphatic heterocycles. The van der Waals surface area contributed by atoms with Gasteiger partial charge in [0.05, 0.1) is 13.3 Å². The first-order chi connectivity index (χ1) is 7.26. The lowest BCUT2D eigenvalue weighted by Gasteiger charge is -1.94. The van der Waals surface area contributed by atoms with Crippen LogP contribution in [0.1, 0.15) is 25.5 Å². The Morgan fingerprint density at radius 3 is 3.13 bits per heavy atom. The van der Waals surface area contributed by atoms with E-state index in [1.807, 2.05) is 0 Å². The number of esters is 1. The van der Waals surface area contributed by atoms with Gasteiger partial charge in [0, 0.05) is 12.6 Å². The quantitative estimate of drug-likeness (QED) is 0.541. The Morgan fingerprint density at radius 1 is 1.67 bits per heavy atom. The number of aromatic nitrogens is 3. The van der Waals surface area contributed by atoms with Crippen LogP contribution in [-0.2, 0) is 16.1 Å². The maximum absolute atomic E-state index is 10.8. The molecule has 0 aliphatic carbocycles. The molecule has 82 valence electrons. The average Bonchev–Trinajstić information content (AvgIpc) is 2.71. The highest BCUT2D eigenvalue weighted by Gasteiger charge is 1.97. The van der Waals surface area contributed by atoms with Crippen LogP contribution in [0.2, 0.25) is 0 Å². The lowest BCUT2D eigenvalue weighted by Crippen LogP contribution is -1.97. The van der Waals surface area contributed by atoms with Gasteiger partial charge >= 0.3 is 5.97 Å². The predicted molar refractivity (Wildman–Crippen MR) is 56.0 cm³/mol. The molecule has 0 N–H and O–H groups in total. The van der Waals surface area contributed by atoms with E-state index in [1.54, 1.807) is 17.0 Å². The lowest BCUT2D eigenvalue weighted by molar-refractivity contribution is -0.134. The molecule has 0 spiro atoms. The number of rotatable bonds is 5. The molecule has 0 saturated carbocycles. The summed E-state index contributed by atoms with van der Waals surface area (Å²) in [6, 6.07) is 0. The van der Waals surface area contributed by atoms with Crippen molar-refractivity contribution in [2.75, 3.05) is 7.11 Å². The van der Waals surface area contributed by atoms with E-state index in [-0.39, 0.29) is 0 Å². The lowest BCUT2D eigenvalue weighted by atomic mass is 10.3. The van der Waals surface area contributed by atoms with Gasteiger partial charge in [-0.05, 0) is 12.5 Å². The van der Waals surface area contributed by atoms with Crippen molar-refractivity contribution in [2.45, 2.75) is 26.3 Å². The minimum atomic E-state index is -0.391. The summed E-state index contributed by atoms with van der Waals surface area (Å²) >= 11 is 0. The van der Waals surface area contributed by atoms with Crippen molar-refractivity contribution in [1.82, 2.24) is 15.0 Å². The first kappa shape index (κ1) is 11.4. The second-order valence-corrected chi connectivity index (χ2v) is 3.12. The highest BCUT2D eigenvalue weighted by molar-refractivity contribution is 5.86. The van der Waals surface area contributed by atoms with E-state index in [0.717, 1.165) is 19.4 Å². The summed E-state index contributed by atoms with van der Waals surface area (Å²) in [5.74, 6) is -0.391. The summed E-state index contributed by atoms with van der Waals surface area (Å²) in [4.78, 5) is 10.8. The molecule has 1 heterocycles. The molecular formula is C10H15N3O2. The van der Waals surface area contributed by atoms with Crippen molar-refractivity contribution in [3.63, 3.8) is 0 Å². The van der Waals surface area contributed by atoms with Crippen molar-refractivity contribution in [2.24, 2.45) is 0 Å². The van der Waals surface area contributed by atoms with Gasteiger partial charge in [0.1, 0.15) is 5.69 Å². The second kappa shape index (κ2) is 5.95. The minimum Gasteiger partial charge on any atom is -0.466 e. The van der Waals surface area contributed by atoms with Crippen molar-refractivity contribution in [3.05, 3.63) is 18.0 Å². The van der Waals surface area contributed by atoms with Gasteiger partial charge in [-0.2, -0.15) is 0 Å². The van der Waals surface area contributed by atoms with Gasteiger partial charge in [0.2, 0.25) is 0 Å². The van der Waals surface area contributed by atoms with Crippen molar-refractivity contribution in [3.8, 4) is 0 Å². The Kier molecular flexibility index (Phi) is 4.53. The number of hydrogen-bond acceptors (Lipinski definition) is 4. The summed E-state index contributed by atoms with van der Waals surface area (Å²) in [6.07, 6.45) is 6.90. The van der Waals surface area contributed by atoms with E-state index in [2.05, 4.69) is 22.0 Å². The fraction of sp³-hybridized carbons (Fsp3) is 0.500.